The van der Waals surface area contributed by atoms with Crippen LogP contribution in [0.1, 0.15) is 24.1 Å². The summed E-state index contributed by atoms with van der Waals surface area (Å²) in [5.41, 5.74) is 1.39. The lowest BCUT2D eigenvalue weighted by Crippen LogP contribution is -2.41. The minimum atomic E-state index is -3.71. The molecule has 0 amide bonds. The molecule has 0 aliphatic rings. The summed E-state index contributed by atoms with van der Waals surface area (Å²) in [5.74, 6) is 0.894. The molecule has 0 spiro atoms. The highest BCUT2D eigenvalue weighted by atomic mass is 32.2. The van der Waals surface area contributed by atoms with Crippen molar-refractivity contribution in [3.05, 3.63) is 59.7 Å². The van der Waals surface area contributed by atoms with Gasteiger partial charge in [0.05, 0.1) is 32.6 Å². The number of para-hydroxylation sites is 1. The Balaban J connectivity index is 2.47. The maximum Gasteiger partial charge on any atom is 0.219 e. The average Bonchev–Trinajstić information content (AvgIpc) is 2.73. The van der Waals surface area contributed by atoms with Crippen LogP contribution in [0.3, 0.4) is 0 Å². The molecule has 0 bridgehead atoms. The van der Waals surface area contributed by atoms with E-state index in [1.807, 2.05) is 31.2 Å². The Labute approximate surface area is 173 Å². The number of rotatable bonds is 11. The second-order valence-electron chi connectivity index (χ2n) is 6.47. The third-order valence-electron chi connectivity index (χ3n) is 4.72. The van der Waals surface area contributed by atoms with E-state index >= 15 is 0 Å². The van der Waals surface area contributed by atoms with Crippen molar-refractivity contribution in [1.29, 1.82) is 0 Å². The van der Waals surface area contributed by atoms with Crippen molar-refractivity contribution >= 4 is 10.0 Å². The molecule has 1 atom stereocenters. The van der Waals surface area contributed by atoms with Crippen LogP contribution in [0.4, 0.5) is 0 Å². The molecule has 0 fully saturated rings. The molecule has 0 aromatic heterocycles. The number of benzene rings is 2. The zero-order valence-electron chi connectivity index (χ0n) is 17.5. The number of nitrogens with zero attached hydrogens (tertiary/aromatic N) is 1. The van der Waals surface area contributed by atoms with E-state index in [-0.39, 0.29) is 12.3 Å². The minimum absolute atomic E-state index is 0.0314. The van der Waals surface area contributed by atoms with E-state index in [9.17, 15) is 8.42 Å². The topological polar surface area (TPSA) is 74.3 Å². The fourth-order valence-corrected chi connectivity index (χ4v) is 4.89. The molecule has 2 aromatic rings. The molecule has 0 saturated carbocycles. The number of hydrogen-bond acceptors (Lipinski definition) is 6. The van der Waals surface area contributed by atoms with Gasteiger partial charge >= 0.3 is 0 Å². The number of methoxy groups -OCH3 is 4. The summed E-state index contributed by atoms with van der Waals surface area (Å²) in [4.78, 5) is 0. The van der Waals surface area contributed by atoms with Crippen LogP contribution in [0.15, 0.2) is 48.5 Å². The van der Waals surface area contributed by atoms with E-state index < -0.39 is 22.4 Å². The Kier molecular flexibility index (Phi) is 8.45. The zero-order valence-corrected chi connectivity index (χ0v) is 18.3. The van der Waals surface area contributed by atoms with Crippen LogP contribution in [-0.4, -0.2) is 54.0 Å². The molecule has 8 heteroatoms. The van der Waals surface area contributed by atoms with Crippen molar-refractivity contribution < 1.29 is 27.4 Å². The Hall–Kier alpha value is -2.13. The minimum Gasteiger partial charge on any atom is -0.493 e. The lowest BCUT2D eigenvalue weighted by molar-refractivity contribution is -0.110. The van der Waals surface area contributed by atoms with Gasteiger partial charge in [0.25, 0.3) is 0 Å². The summed E-state index contributed by atoms with van der Waals surface area (Å²) >= 11 is 0. The molecule has 0 saturated heterocycles. The van der Waals surface area contributed by atoms with Gasteiger partial charge in [-0.25, -0.2) is 8.42 Å². The van der Waals surface area contributed by atoms with Crippen molar-refractivity contribution in [2.45, 2.75) is 25.0 Å². The highest BCUT2D eigenvalue weighted by Gasteiger charge is 2.33. The van der Waals surface area contributed by atoms with Crippen LogP contribution in [0.25, 0.3) is 0 Å². The van der Waals surface area contributed by atoms with Crippen LogP contribution < -0.4 is 9.47 Å². The van der Waals surface area contributed by atoms with Crippen molar-refractivity contribution in [3.63, 3.8) is 0 Å². The monoisotopic (exact) mass is 423 g/mol. The SMILES string of the molecule is COc1cccc(C(C)N(CC(OC)OC)S(=O)(=O)Cc2ccccc2)c1OC. The van der Waals surface area contributed by atoms with Gasteiger partial charge in [-0.15, -0.1) is 0 Å². The summed E-state index contributed by atoms with van der Waals surface area (Å²) in [6.45, 7) is 1.84. The van der Waals surface area contributed by atoms with E-state index in [0.29, 0.717) is 22.6 Å². The number of ether oxygens (including phenoxy) is 4. The van der Waals surface area contributed by atoms with E-state index in [1.54, 1.807) is 31.4 Å². The van der Waals surface area contributed by atoms with Gasteiger partial charge in [-0.3, -0.25) is 0 Å². The third kappa shape index (κ3) is 5.70. The molecule has 7 nitrogen and oxygen atoms in total. The van der Waals surface area contributed by atoms with E-state index in [1.165, 1.54) is 25.6 Å². The second-order valence-corrected chi connectivity index (χ2v) is 8.39. The van der Waals surface area contributed by atoms with Gasteiger partial charge in [-0.2, -0.15) is 4.31 Å². The Morgan fingerprint density at radius 3 is 2.10 bits per heavy atom. The van der Waals surface area contributed by atoms with Crippen molar-refractivity contribution in [1.82, 2.24) is 4.31 Å². The molecular formula is C21H29NO6S. The normalized spacial score (nSPS) is 12.9. The van der Waals surface area contributed by atoms with Gasteiger partial charge in [0.2, 0.25) is 10.0 Å². The summed E-state index contributed by atoms with van der Waals surface area (Å²) in [5, 5.41) is 0. The van der Waals surface area contributed by atoms with Gasteiger partial charge in [0.15, 0.2) is 17.8 Å². The first-order valence-electron chi connectivity index (χ1n) is 9.17. The molecule has 160 valence electrons. The summed E-state index contributed by atoms with van der Waals surface area (Å²) < 4.78 is 49.6. The van der Waals surface area contributed by atoms with Crippen LogP contribution in [0, 0.1) is 0 Å². The fraction of sp³-hybridized carbons (Fsp3) is 0.429. The smallest absolute Gasteiger partial charge is 0.219 e. The van der Waals surface area contributed by atoms with Gasteiger partial charge in [-0.05, 0) is 18.6 Å². The number of sulfonamides is 1. The van der Waals surface area contributed by atoms with Crippen molar-refractivity contribution in [2.75, 3.05) is 35.0 Å². The molecule has 2 rings (SSSR count). The third-order valence-corrected chi connectivity index (χ3v) is 6.60. The highest BCUT2D eigenvalue weighted by Crippen LogP contribution is 2.38. The summed E-state index contributed by atoms with van der Waals surface area (Å²) in [6.07, 6.45) is -0.709. The lowest BCUT2D eigenvalue weighted by atomic mass is 10.1. The zero-order chi connectivity index (χ0) is 21.4. The van der Waals surface area contributed by atoms with Gasteiger partial charge < -0.3 is 18.9 Å². The molecule has 0 aliphatic carbocycles. The Morgan fingerprint density at radius 2 is 1.55 bits per heavy atom. The average molecular weight is 424 g/mol. The van der Waals surface area contributed by atoms with Gasteiger partial charge in [-0.1, -0.05) is 42.5 Å². The Bertz CT molecular complexity index is 868. The Morgan fingerprint density at radius 1 is 0.897 bits per heavy atom. The number of hydrogen-bond donors (Lipinski definition) is 0. The van der Waals surface area contributed by atoms with E-state index in [4.69, 9.17) is 18.9 Å². The molecular weight excluding hydrogens is 394 g/mol. The second kappa shape index (κ2) is 10.6. The molecule has 0 aliphatic heterocycles. The molecule has 0 heterocycles. The fourth-order valence-electron chi connectivity index (χ4n) is 3.17. The highest BCUT2D eigenvalue weighted by molar-refractivity contribution is 7.88. The van der Waals surface area contributed by atoms with Crippen LogP contribution in [-0.2, 0) is 25.2 Å². The first-order chi connectivity index (χ1) is 13.9. The van der Waals surface area contributed by atoms with E-state index in [2.05, 4.69) is 0 Å². The van der Waals surface area contributed by atoms with Gasteiger partial charge in [0, 0.05) is 19.8 Å². The standard InChI is InChI=1S/C21H29NO6S/c1-16(18-12-9-13-19(25-2)21(18)28-5)22(14-20(26-3)27-4)29(23,24)15-17-10-7-6-8-11-17/h6-13,16,20H,14-15H2,1-5H3. The summed E-state index contributed by atoms with van der Waals surface area (Å²) in [7, 11) is 2.33. The predicted octanol–water partition coefficient (Wildman–Crippen LogP) is 3.22. The first kappa shape index (κ1) is 23.2. The first-order valence-corrected chi connectivity index (χ1v) is 10.8. The van der Waals surface area contributed by atoms with E-state index in [0.717, 1.165) is 0 Å². The molecule has 29 heavy (non-hydrogen) atoms. The van der Waals surface area contributed by atoms with Crippen LogP contribution in [0.2, 0.25) is 0 Å². The predicted molar refractivity (Wildman–Crippen MR) is 112 cm³/mol. The molecule has 1 unspecified atom stereocenters. The van der Waals surface area contributed by atoms with Crippen molar-refractivity contribution in [2.24, 2.45) is 0 Å². The quantitative estimate of drug-likeness (QED) is 0.517. The molecule has 2 aromatic carbocycles. The molecule has 0 radical (unpaired) electrons. The summed E-state index contributed by atoms with van der Waals surface area (Å²) in [6, 6.07) is 13.9. The maximum absolute atomic E-state index is 13.4. The maximum atomic E-state index is 13.4. The lowest BCUT2D eigenvalue weighted by Gasteiger charge is -2.32. The largest absolute Gasteiger partial charge is 0.493 e. The van der Waals surface area contributed by atoms with Crippen LogP contribution >= 0.6 is 0 Å². The molecule has 0 N–H and O–H groups in total. The van der Waals surface area contributed by atoms with Gasteiger partial charge in [0.1, 0.15) is 0 Å². The van der Waals surface area contributed by atoms with Crippen molar-refractivity contribution in [3.8, 4) is 11.5 Å². The van der Waals surface area contributed by atoms with Crippen LogP contribution in [0.5, 0.6) is 11.5 Å².